The van der Waals surface area contributed by atoms with Gasteiger partial charge in [0.05, 0.1) is 6.20 Å². The van der Waals surface area contributed by atoms with Crippen molar-refractivity contribution in [2.75, 3.05) is 0 Å². The van der Waals surface area contributed by atoms with Crippen LogP contribution in [0, 0.1) is 0 Å². The van der Waals surface area contributed by atoms with Gasteiger partial charge in [0.15, 0.2) is 5.42 Å². The topological polar surface area (TPSA) is 38.1 Å². The molecule has 0 aromatic carbocycles. The van der Waals surface area contributed by atoms with Gasteiger partial charge in [-0.15, -0.1) is 0 Å². The smallest absolute Gasteiger partial charge is 0.182 e. The Kier molecular flexibility index (Phi) is 1.07. The Labute approximate surface area is 57.3 Å². The maximum Gasteiger partial charge on any atom is 0.182 e. The van der Waals surface area contributed by atoms with Crippen LogP contribution in [0.25, 0.3) is 12.3 Å². The minimum absolute atomic E-state index is 0.769. The molecule has 2 rings (SSSR count). The lowest BCUT2D eigenvalue weighted by molar-refractivity contribution is 0.393. The number of hydrogen-bond donors (Lipinski definition) is 1. The summed E-state index contributed by atoms with van der Waals surface area (Å²) in [7, 11) is 0. The van der Waals surface area contributed by atoms with E-state index in [9.17, 15) is 0 Å². The van der Waals surface area contributed by atoms with Gasteiger partial charge in [-0.3, -0.25) is 0 Å². The molecule has 0 bridgehead atoms. The highest BCUT2D eigenvalue weighted by Gasteiger charge is 1.89. The fraction of sp³-hybridized carbons (Fsp3) is 0. The first-order chi connectivity index (χ1) is 4.97. The van der Waals surface area contributed by atoms with Crippen LogP contribution in [0.15, 0.2) is 23.0 Å². The molecule has 2 heterocycles. The Morgan fingerprint density at radius 1 is 1.50 bits per heavy atom. The summed E-state index contributed by atoms with van der Waals surface area (Å²) in [5.41, 5.74) is 0.769. The molecule has 0 unspecified atom stereocenters. The van der Waals surface area contributed by atoms with Gasteiger partial charge in [0.1, 0.15) is 0 Å². The quantitative estimate of drug-likeness (QED) is 0.510. The summed E-state index contributed by atoms with van der Waals surface area (Å²) in [6.07, 6.45) is 9.11. The van der Waals surface area contributed by atoms with Gasteiger partial charge in [-0.1, -0.05) is 5.16 Å². The van der Waals surface area contributed by atoms with E-state index in [-0.39, 0.29) is 0 Å². The van der Waals surface area contributed by atoms with Crippen molar-refractivity contribution >= 4 is 12.3 Å². The second-order valence-electron chi connectivity index (χ2n) is 1.98. The Morgan fingerprint density at radius 2 is 2.50 bits per heavy atom. The fourth-order valence-electron chi connectivity index (χ4n) is 0.822. The predicted octanol–water partition coefficient (Wildman–Crippen LogP) is -0.690. The molecule has 0 saturated carbocycles. The summed E-state index contributed by atoms with van der Waals surface area (Å²) in [6.45, 7) is 0. The number of rotatable bonds is 0. The van der Waals surface area contributed by atoms with Gasteiger partial charge < -0.3 is 9.84 Å². The van der Waals surface area contributed by atoms with Crippen LogP contribution in [0.4, 0.5) is 0 Å². The highest BCUT2D eigenvalue weighted by Crippen LogP contribution is 1.74. The van der Waals surface area contributed by atoms with Crippen molar-refractivity contribution in [1.29, 1.82) is 0 Å². The average molecular weight is 134 g/mol. The molecule has 1 aromatic heterocycles. The van der Waals surface area contributed by atoms with Crippen LogP contribution < -0.4 is 16.0 Å². The Bertz CT molecular complexity index is 361. The maximum absolute atomic E-state index is 4.90. The molecule has 0 amide bonds. The normalized spacial score (nSPS) is 14.0. The lowest BCUT2D eigenvalue weighted by atomic mass is 10.4. The monoisotopic (exact) mass is 134 g/mol. The van der Waals surface area contributed by atoms with Crippen LogP contribution in [0.1, 0.15) is 0 Å². The largest absolute Gasteiger partial charge is 0.364 e. The Morgan fingerprint density at radius 3 is 3.50 bits per heavy atom. The summed E-state index contributed by atoms with van der Waals surface area (Å²) in [5.74, 6) is 0. The Hall–Kier alpha value is -1.51. The summed E-state index contributed by atoms with van der Waals surface area (Å²) in [5, 5.41) is 7.55. The summed E-state index contributed by atoms with van der Waals surface area (Å²) >= 11 is 0. The fourth-order valence-corrected chi connectivity index (χ4v) is 0.822. The van der Waals surface area contributed by atoms with Gasteiger partial charge in [-0.05, 0) is 12.2 Å². The van der Waals surface area contributed by atoms with Crippen molar-refractivity contribution in [3.05, 3.63) is 29.1 Å². The van der Waals surface area contributed by atoms with Gasteiger partial charge in [0, 0.05) is 17.6 Å². The van der Waals surface area contributed by atoms with Crippen LogP contribution in [0.3, 0.4) is 0 Å². The van der Waals surface area contributed by atoms with E-state index in [1.807, 2.05) is 18.4 Å². The third kappa shape index (κ3) is 0.719. The van der Waals surface area contributed by atoms with E-state index in [2.05, 4.69) is 10.5 Å². The number of fused-ring (bicyclic) bond motifs is 1. The van der Waals surface area contributed by atoms with Crippen molar-refractivity contribution in [3.63, 3.8) is 0 Å². The molecule has 10 heavy (non-hydrogen) atoms. The molecular weight excluding hydrogens is 128 g/mol. The zero-order valence-corrected chi connectivity index (χ0v) is 5.24. The molecule has 0 atom stereocenters. The average Bonchev–Trinajstić information content (AvgIpc) is 2.28. The molecule has 50 valence electrons. The zero-order chi connectivity index (χ0) is 6.81. The van der Waals surface area contributed by atoms with Gasteiger partial charge in [0.25, 0.3) is 0 Å². The highest BCUT2D eigenvalue weighted by molar-refractivity contribution is 5.39. The molecule has 0 saturated heterocycles. The molecule has 1 aliphatic rings. The second kappa shape index (κ2) is 2.02. The highest BCUT2D eigenvalue weighted by atomic mass is 16.5. The van der Waals surface area contributed by atoms with Crippen molar-refractivity contribution in [3.8, 4) is 0 Å². The predicted molar refractivity (Wildman–Crippen MR) is 37.0 cm³/mol. The summed E-state index contributed by atoms with van der Waals surface area (Å²) in [4.78, 5) is 0. The molecule has 3 nitrogen and oxygen atoms in total. The van der Waals surface area contributed by atoms with Crippen molar-refractivity contribution < 1.29 is 4.52 Å². The lowest BCUT2D eigenvalue weighted by Crippen LogP contribution is -2.19. The van der Waals surface area contributed by atoms with Gasteiger partial charge in [-0.25, -0.2) is 0 Å². The van der Waals surface area contributed by atoms with E-state index in [4.69, 9.17) is 4.52 Å². The molecule has 1 aliphatic heterocycles. The van der Waals surface area contributed by atoms with Crippen LogP contribution in [0.2, 0.25) is 0 Å². The van der Waals surface area contributed by atoms with E-state index < -0.39 is 0 Å². The first-order valence-electron chi connectivity index (χ1n) is 3.00. The molecule has 1 aromatic rings. The third-order valence-electron chi connectivity index (χ3n) is 1.31. The van der Waals surface area contributed by atoms with Gasteiger partial charge >= 0.3 is 0 Å². The number of allylic oxidation sites excluding steroid dienone is 1. The molecule has 0 aliphatic carbocycles. The maximum atomic E-state index is 4.90. The van der Waals surface area contributed by atoms with Crippen molar-refractivity contribution in [1.82, 2.24) is 10.5 Å². The first kappa shape index (κ1) is 5.29. The molecule has 1 N–H and O–H groups in total. The number of aromatic nitrogens is 1. The number of nitrogens with zero attached hydrogens (tertiary/aromatic N) is 1. The summed E-state index contributed by atoms with van der Waals surface area (Å²) < 4.78 is 4.90. The molecule has 0 fully saturated rings. The van der Waals surface area contributed by atoms with E-state index in [1.165, 1.54) is 0 Å². The molecule has 0 radical (unpaired) electrons. The standard InChI is InChI=1S/C7H6N2O/c1-2-6-4-9-10-7(6)5-8-3-1/h1-5,8H. The van der Waals surface area contributed by atoms with E-state index in [1.54, 1.807) is 12.4 Å². The van der Waals surface area contributed by atoms with Gasteiger partial charge in [-0.2, -0.15) is 0 Å². The minimum atomic E-state index is 0.769. The SMILES string of the molecule is C1=CNC=c2oncc2=C1. The van der Waals surface area contributed by atoms with Crippen LogP contribution in [-0.2, 0) is 0 Å². The zero-order valence-electron chi connectivity index (χ0n) is 5.24. The van der Waals surface area contributed by atoms with Gasteiger partial charge in [0.2, 0.25) is 0 Å². The van der Waals surface area contributed by atoms with Crippen LogP contribution >= 0.6 is 0 Å². The van der Waals surface area contributed by atoms with E-state index in [0.717, 1.165) is 10.6 Å². The van der Waals surface area contributed by atoms with Crippen molar-refractivity contribution in [2.24, 2.45) is 0 Å². The molecular formula is C7H6N2O. The number of nitrogens with one attached hydrogen (secondary N) is 1. The first-order valence-corrected chi connectivity index (χ1v) is 3.00. The second-order valence-corrected chi connectivity index (χ2v) is 1.98. The lowest BCUT2D eigenvalue weighted by Gasteiger charge is -1.79. The van der Waals surface area contributed by atoms with Crippen LogP contribution in [0.5, 0.6) is 0 Å². The molecule has 3 heteroatoms. The van der Waals surface area contributed by atoms with E-state index in [0.29, 0.717) is 0 Å². The van der Waals surface area contributed by atoms with Crippen LogP contribution in [-0.4, -0.2) is 5.16 Å². The number of hydrogen-bond acceptors (Lipinski definition) is 3. The molecule has 0 spiro atoms. The third-order valence-corrected chi connectivity index (χ3v) is 1.31. The summed E-state index contributed by atoms with van der Waals surface area (Å²) in [6, 6.07) is 0. The van der Waals surface area contributed by atoms with E-state index >= 15 is 0 Å². The van der Waals surface area contributed by atoms with Crippen molar-refractivity contribution in [2.45, 2.75) is 0 Å². The minimum Gasteiger partial charge on any atom is -0.364 e. The Balaban J connectivity index is 2.82.